The van der Waals surface area contributed by atoms with Gasteiger partial charge < -0.3 is 4.98 Å². The lowest BCUT2D eigenvalue weighted by molar-refractivity contribution is 1.26. The average molecular weight is 373 g/mol. The SMILES string of the molecule is N#C/C(=N\Nc1ccccc1)c1nc(=O)c2c(s1)c(=O)[nH]c1ccccc12. The lowest BCUT2D eigenvalue weighted by atomic mass is 10.1. The molecular formula is C19H11N5O2S. The maximum Gasteiger partial charge on any atom is 0.280 e. The summed E-state index contributed by atoms with van der Waals surface area (Å²) < 4.78 is 0.214. The second-order valence-corrected chi connectivity index (χ2v) is 6.58. The molecule has 2 aromatic heterocycles. The van der Waals surface area contributed by atoms with Crippen LogP contribution < -0.4 is 16.5 Å². The first-order valence-electron chi connectivity index (χ1n) is 7.92. The Bertz CT molecular complexity index is 1350. The Morgan fingerprint density at radius 2 is 1.85 bits per heavy atom. The molecule has 0 saturated heterocycles. The van der Waals surface area contributed by atoms with Crippen molar-refractivity contribution < 1.29 is 0 Å². The summed E-state index contributed by atoms with van der Waals surface area (Å²) >= 11 is 0.962. The van der Waals surface area contributed by atoms with Crippen molar-refractivity contribution in [3.05, 3.63) is 80.3 Å². The fourth-order valence-corrected chi connectivity index (χ4v) is 3.61. The molecule has 0 saturated carbocycles. The molecule has 0 radical (unpaired) electrons. The number of aromatic amines is 1. The smallest absolute Gasteiger partial charge is 0.280 e. The molecule has 8 heteroatoms. The minimum absolute atomic E-state index is 0.0737. The zero-order chi connectivity index (χ0) is 18.8. The molecular weight excluding hydrogens is 362 g/mol. The van der Waals surface area contributed by atoms with E-state index in [2.05, 4.69) is 20.5 Å². The van der Waals surface area contributed by atoms with Crippen LogP contribution in [-0.4, -0.2) is 15.7 Å². The third kappa shape index (κ3) is 3.07. The molecule has 4 rings (SSSR count). The van der Waals surface area contributed by atoms with Crippen LogP contribution in [0, 0.1) is 11.3 Å². The van der Waals surface area contributed by atoms with Crippen LogP contribution in [0.4, 0.5) is 5.69 Å². The van der Waals surface area contributed by atoms with Crippen LogP contribution in [0.5, 0.6) is 0 Å². The lowest BCUT2D eigenvalue weighted by Crippen LogP contribution is -2.17. The van der Waals surface area contributed by atoms with E-state index in [4.69, 9.17) is 0 Å². The number of para-hydroxylation sites is 2. The Balaban J connectivity index is 1.89. The normalized spacial score (nSPS) is 11.4. The van der Waals surface area contributed by atoms with Crippen molar-refractivity contribution in [1.82, 2.24) is 9.97 Å². The van der Waals surface area contributed by atoms with Crippen molar-refractivity contribution in [1.29, 1.82) is 5.26 Å². The topological polar surface area (TPSA) is 111 Å². The van der Waals surface area contributed by atoms with Crippen LogP contribution in [0.15, 0.2) is 69.3 Å². The summed E-state index contributed by atoms with van der Waals surface area (Å²) in [6, 6.07) is 18.0. The molecule has 0 aliphatic heterocycles. The maximum atomic E-state index is 12.6. The Morgan fingerprint density at radius 3 is 2.63 bits per heavy atom. The van der Waals surface area contributed by atoms with Gasteiger partial charge >= 0.3 is 0 Å². The number of H-pyrrole nitrogens is 1. The Hall–Kier alpha value is -3.83. The number of benzene rings is 2. The predicted molar refractivity (Wildman–Crippen MR) is 106 cm³/mol. The minimum Gasteiger partial charge on any atom is -0.321 e. The molecule has 0 bridgehead atoms. The standard InChI is InChI=1S/C19H11N5O2S/c20-10-14(24-23-11-6-2-1-3-7-11)19-22-17(25)15-12-8-4-5-9-13(12)21-18(26)16(15)27-19/h1-9,23H,(H,21,26)/b24-14+. The van der Waals surface area contributed by atoms with E-state index in [1.54, 1.807) is 36.4 Å². The van der Waals surface area contributed by atoms with E-state index in [1.165, 1.54) is 0 Å². The fraction of sp³-hybridized carbons (Fsp3) is 0. The van der Waals surface area contributed by atoms with E-state index in [-0.39, 0.29) is 20.8 Å². The van der Waals surface area contributed by atoms with E-state index < -0.39 is 11.1 Å². The zero-order valence-corrected chi connectivity index (χ0v) is 14.6. The number of hydrazone groups is 1. The van der Waals surface area contributed by atoms with Crippen molar-refractivity contribution in [2.24, 2.45) is 5.10 Å². The number of anilines is 1. The minimum atomic E-state index is -0.566. The average Bonchev–Trinajstić information content (AvgIpc) is 2.69. The van der Waals surface area contributed by atoms with Crippen molar-refractivity contribution in [2.75, 3.05) is 5.43 Å². The van der Waals surface area contributed by atoms with E-state index >= 15 is 0 Å². The van der Waals surface area contributed by atoms with E-state index in [1.807, 2.05) is 24.3 Å². The number of aromatic nitrogens is 2. The van der Waals surface area contributed by atoms with Gasteiger partial charge in [0.25, 0.3) is 11.1 Å². The molecule has 0 amide bonds. The highest BCUT2D eigenvalue weighted by Crippen LogP contribution is 2.21. The van der Waals surface area contributed by atoms with Crippen LogP contribution in [-0.2, 0) is 0 Å². The summed E-state index contributed by atoms with van der Waals surface area (Å²) in [5.74, 6) is 0. The molecule has 0 atom stereocenters. The lowest BCUT2D eigenvalue weighted by Gasteiger charge is -2.04. The van der Waals surface area contributed by atoms with Crippen LogP contribution in [0.3, 0.4) is 0 Å². The van der Waals surface area contributed by atoms with Crippen LogP contribution in [0.25, 0.3) is 21.0 Å². The van der Waals surface area contributed by atoms with Gasteiger partial charge in [0.05, 0.1) is 11.1 Å². The summed E-state index contributed by atoms with van der Waals surface area (Å²) in [5, 5.41) is 14.4. The van der Waals surface area contributed by atoms with Gasteiger partial charge in [-0.3, -0.25) is 15.0 Å². The zero-order valence-electron chi connectivity index (χ0n) is 13.8. The Labute approximate surface area is 156 Å². The molecule has 27 heavy (non-hydrogen) atoms. The molecule has 2 aromatic carbocycles. The van der Waals surface area contributed by atoms with E-state index in [0.29, 0.717) is 16.6 Å². The highest BCUT2D eigenvalue weighted by Gasteiger charge is 2.15. The molecule has 0 spiro atoms. The first-order valence-corrected chi connectivity index (χ1v) is 8.74. The molecule has 2 N–H and O–H groups in total. The molecule has 0 aliphatic rings. The van der Waals surface area contributed by atoms with Crippen LogP contribution >= 0.6 is 11.3 Å². The number of nitriles is 1. The maximum absolute atomic E-state index is 12.6. The monoisotopic (exact) mass is 373 g/mol. The highest BCUT2D eigenvalue weighted by molar-refractivity contribution is 7.20. The largest absolute Gasteiger partial charge is 0.321 e. The first-order chi connectivity index (χ1) is 13.2. The summed E-state index contributed by atoms with van der Waals surface area (Å²) in [5.41, 5.74) is 2.96. The van der Waals surface area contributed by atoms with Crippen molar-refractivity contribution >= 4 is 43.7 Å². The van der Waals surface area contributed by atoms with Crippen molar-refractivity contribution in [3.8, 4) is 6.07 Å². The van der Waals surface area contributed by atoms with Gasteiger partial charge in [0, 0.05) is 10.9 Å². The second-order valence-electron chi connectivity index (χ2n) is 5.58. The number of rotatable bonds is 3. The molecule has 4 aromatic rings. The van der Waals surface area contributed by atoms with Gasteiger partial charge in [-0.1, -0.05) is 36.4 Å². The highest BCUT2D eigenvalue weighted by atomic mass is 32.1. The van der Waals surface area contributed by atoms with E-state index in [9.17, 15) is 14.9 Å². The molecule has 130 valence electrons. The van der Waals surface area contributed by atoms with Crippen molar-refractivity contribution in [3.63, 3.8) is 0 Å². The number of fused-ring (bicyclic) bond motifs is 3. The summed E-state index contributed by atoms with van der Waals surface area (Å²) in [4.78, 5) is 31.8. The van der Waals surface area contributed by atoms with Gasteiger partial charge in [0.2, 0.25) is 0 Å². The molecule has 0 fully saturated rings. The second kappa shape index (κ2) is 6.82. The number of nitrogens with zero attached hydrogens (tertiary/aromatic N) is 3. The number of nitrogens with one attached hydrogen (secondary N) is 2. The quantitative estimate of drug-likeness (QED) is 0.326. The summed E-state index contributed by atoms with van der Waals surface area (Å²) in [7, 11) is 0. The number of hydrogen-bond donors (Lipinski definition) is 2. The van der Waals surface area contributed by atoms with Gasteiger partial charge in [0.1, 0.15) is 10.8 Å². The van der Waals surface area contributed by atoms with Gasteiger partial charge in [-0.15, -0.1) is 11.3 Å². The fourth-order valence-electron chi connectivity index (χ4n) is 2.66. The molecule has 0 aliphatic carbocycles. The predicted octanol–water partition coefficient (Wildman–Crippen LogP) is 2.84. The summed E-state index contributed by atoms with van der Waals surface area (Å²) in [6.07, 6.45) is 0. The third-order valence-electron chi connectivity index (χ3n) is 3.87. The van der Waals surface area contributed by atoms with Crippen LogP contribution in [0.2, 0.25) is 0 Å². The summed E-state index contributed by atoms with van der Waals surface area (Å²) in [6.45, 7) is 0. The van der Waals surface area contributed by atoms with Gasteiger partial charge in [-0.05, 0) is 18.2 Å². The Kier molecular flexibility index (Phi) is 4.20. The third-order valence-corrected chi connectivity index (χ3v) is 4.94. The van der Waals surface area contributed by atoms with E-state index in [0.717, 1.165) is 11.3 Å². The molecule has 2 heterocycles. The van der Waals surface area contributed by atoms with Crippen molar-refractivity contribution in [2.45, 2.75) is 0 Å². The number of hydrogen-bond acceptors (Lipinski definition) is 7. The number of pyridine rings is 1. The molecule has 7 nitrogen and oxygen atoms in total. The van der Waals surface area contributed by atoms with Gasteiger partial charge in [0.15, 0.2) is 10.7 Å². The van der Waals surface area contributed by atoms with Gasteiger partial charge in [-0.2, -0.15) is 15.3 Å². The first kappa shape index (κ1) is 16.6. The van der Waals surface area contributed by atoms with Gasteiger partial charge in [-0.25, -0.2) is 0 Å². The van der Waals surface area contributed by atoms with Crippen LogP contribution in [0.1, 0.15) is 5.01 Å². The Morgan fingerprint density at radius 1 is 1.11 bits per heavy atom. The molecule has 0 unspecified atom stereocenters.